The fraction of sp³-hybridized carbons (Fsp3) is 0.346. The smallest absolute Gasteiger partial charge is 0.335 e. The number of ether oxygens (including phenoxy) is 1. The van der Waals surface area contributed by atoms with Crippen LogP contribution in [0.3, 0.4) is 0 Å². The summed E-state index contributed by atoms with van der Waals surface area (Å²) in [5, 5.41) is 3.07. The lowest BCUT2D eigenvalue weighted by atomic mass is 10.1. The van der Waals surface area contributed by atoms with Crippen molar-refractivity contribution in [2.45, 2.75) is 52.4 Å². The van der Waals surface area contributed by atoms with E-state index in [4.69, 9.17) is 39.5 Å². The van der Waals surface area contributed by atoms with Crippen LogP contribution in [-0.4, -0.2) is 24.5 Å². The normalized spacial score (nSPS) is 15.1. The number of barbiturate groups is 1. The Kier molecular flexibility index (Phi) is 9.61. The number of anilines is 1. The van der Waals surface area contributed by atoms with Crippen LogP contribution < -0.4 is 15.0 Å². The molecule has 1 fully saturated rings. The zero-order valence-electron chi connectivity index (χ0n) is 19.6. The van der Waals surface area contributed by atoms with Crippen molar-refractivity contribution in [1.82, 2.24) is 5.32 Å². The molecule has 9 heteroatoms. The van der Waals surface area contributed by atoms with Crippen LogP contribution in [0.1, 0.15) is 56.6 Å². The van der Waals surface area contributed by atoms with Gasteiger partial charge >= 0.3 is 6.03 Å². The molecule has 0 aromatic heterocycles. The van der Waals surface area contributed by atoms with Crippen molar-refractivity contribution in [3.05, 3.63) is 62.1 Å². The quantitative estimate of drug-likeness (QED) is 0.195. The third kappa shape index (κ3) is 6.78. The second-order valence-corrected chi connectivity index (χ2v) is 9.57. The van der Waals surface area contributed by atoms with E-state index in [1.165, 1.54) is 31.4 Å². The van der Waals surface area contributed by atoms with Gasteiger partial charge in [0.05, 0.1) is 22.3 Å². The maximum atomic E-state index is 13.2. The van der Waals surface area contributed by atoms with E-state index < -0.39 is 17.8 Å². The Morgan fingerprint density at radius 2 is 1.60 bits per heavy atom. The monoisotopic (exact) mass is 536 g/mol. The first kappa shape index (κ1) is 27.1. The fourth-order valence-corrected chi connectivity index (χ4v) is 4.50. The van der Waals surface area contributed by atoms with Gasteiger partial charge in [0.2, 0.25) is 0 Å². The maximum absolute atomic E-state index is 13.2. The van der Waals surface area contributed by atoms with Crippen molar-refractivity contribution in [2.24, 2.45) is 0 Å². The van der Waals surface area contributed by atoms with Gasteiger partial charge in [0.25, 0.3) is 11.8 Å². The van der Waals surface area contributed by atoms with Gasteiger partial charge < -0.3 is 4.74 Å². The number of rotatable bonds is 10. The second kappa shape index (κ2) is 12.4. The molecule has 1 aliphatic heterocycles. The average molecular weight is 538 g/mol. The molecule has 0 aliphatic carbocycles. The highest BCUT2D eigenvalue weighted by atomic mass is 35.5. The molecule has 3 rings (SSSR count). The summed E-state index contributed by atoms with van der Waals surface area (Å²) >= 11 is 18.8. The molecule has 1 aliphatic rings. The number of halogens is 3. The Balaban J connectivity index is 1.78. The highest BCUT2D eigenvalue weighted by Gasteiger charge is 2.37. The zero-order valence-corrected chi connectivity index (χ0v) is 21.9. The number of nitrogens with zero attached hydrogens (tertiary/aromatic N) is 1. The van der Waals surface area contributed by atoms with Crippen LogP contribution in [0.4, 0.5) is 10.5 Å². The van der Waals surface area contributed by atoms with E-state index >= 15 is 0 Å². The molecule has 6 nitrogen and oxygen atoms in total. The van der Waals surface area contributed by atoms with Gasteiger partial charge in [0.1, 0.15) is 5.57 Å². The van der Waals surface area contributed by atoms with E-state index in [1.807, 2.05) is 0 Å². The van der Waals surface area contributed by atoms with Crippen LogP contribution in [-0.2, 0) is 9.59 Å². The van der Waals surface area contributed by atoms with E-state index in [9.17, 15) is 14.4 Å². The summed E-state index contributed by atoms with van der Waals surface area (Å²) in [5.74, 6) is -1.24. The van der Waals surface area contributed by atoms with Crippen molar-refractivity contribution in [3.63, 3.8) is 0 Å². The molecule has 0 atom stereocenters. The molecular formula is C26H27Cl3N2O4. The first-order chi connectivity index (χ1) is 16.7. The standard InChI is InChI=1S/C26H27Cl3N2O4/c1-3-4-5-6-7-8-11-35-23-20(28)13-17(14-21(23)29)12-19-24(32)30-26(34)31(25(19)33)22-15-18(27)10-9-16(22)2/h9-10,12-15H,3-8,11H2,1-2H3,(H,30,32,34)/b19-12+. The van der Waals surface area contributed by atoms with Crippen LogP contribution >= 0.6 is 34.8 Å². The van der Waals surface area contributed by atoms with Crippen LogP contribution in [0, 0.1) is 6.92 Å². The number of hydrogen-bond donors (Lipinski definition) is 1. The van der Waals surface area contributed by atoms with Crippen LogP contribution in [0.15, 0.2) is 35.9 Å². The molecule has 0 saturated carbocycles. The number of benzene rings is 2. The lowest BCUT2D eigenvalue weighted by Crippen LogP contribution is -2.54. The van der Waals surface area contributed by atoms with Crippen molar-refractivity contribution in [2.75, 3.05) is 11.5 Å². The Labute approximate surface area is 220 Å². The first-order valence-electron chi connectivity index (χ1n) is 11.5. The predicted molar refractivity (Wildman–Crippen MR) is 141 cm³/mol. The number of amides is 4. The minimum Gasteiger partial charge on any atom is -0.490 e. The molecule has 2 aromatic rings. The third-order valence-corrected chi connectivity index (χ3v) is 6.39. The summed E-state index contributed by atoms with van der Waals surface area (Å²) in [4.78, 5) is 39.0. The van der Waals surface area contributed by atoms with Gasteiger partial charge in [0.15, 0.2) is 5.75 Å². The van der Waals surface area contributed by atoms with E-state index in [-0.39, 0.29) is 21.3 Å². The van der Waals surface area contributed by atoms with Gasteiger partial charge in [-0.1, -0.05) is 79.9 Å². The van der Waals surface area contributed by atoms with E-state index in [0.717, 1.165) is 24.2 Å². The summed E-state index contributed by atoms with van der Waals surface area (Å²) in [6.07, 6.45) is 8.11. The van der Waals surface area contributed by atoms with Gasteiger partial charge in [0, 0.05) is 5.02 Å². The van der Waals surface area contributed by atoms with Crippen LogP contribution in [0.2, 0.25) is 15.1 Å². The highest BCUT2D eigenvalue weighted by Crippen LogP contribution is 2.35. The van der Waals surface area contributed by atoms with Gasteiger partial charge in [-0.3, -0.25) is 14.9 Å². The Morgan fingerprint density at radius 1 is 0.943 bits per heavy atom. The van der Waals surface area contributed by atoms with E-state index in [2.05, 4.69) is 12.2 Å². The molecule has 1 saturated heterocycles. The Morgan fingerprint density at radius 3 is 2.29 bits per heavy atom. The number of carbonyl (C=O) groups excluding carboxylic acids is 3. The molecule has 0 radical (unpaired) electrons. The second-order valence-electron chi connectivity index (χ2n) is 8.32. The predicted octanol–water partition coefficient (Wildman–Crippen LogP) is 7.36. The molecule has 0 spiro atoms. The lowest BCUT2D eigenvalue weighted by molar-refractivity contribution is -0.122. The van der Waals surface area contributed by atoms with Crippen molar-refractivity contribution < 1.29 is 19.1 Å². The number of imide groups is 2. The minimum absolute atomic E-state index is 0.239. The lowest BCUT2D eigenvalue weighted by Gasteiger charge is -2.27. The summed E-state index contributed by atoms with van der Waals surface area (Å²) < 4.78 is 5.78. The number of unbranched alkanes of at least 4 members (excludes halogenated alkanes) is 5. The third-order valence-electron chi connectivity index (χ3n) is 5.59. The van der Waals surface area contributed by atoms with Gasteiger partial charge in [-0.15, -0.1) is 0 Å². The summed E-state index contributed by atoms with van der Waals surface area (Å²) in [6, 6.07) is 7.09. The molecule has 0 bridgehead atoms. The number of urea groups is 1. The first-order valence-corrected chi connectivity index (χ1v) is 12.7. The molecule has 1 heterocycles. The van der Waals surface area contributed by atoms with Gasteiger partial charge in [-0.2, -0.15) is 0 Å². The van der Waals surface area contributed by atoms with Gasteiger partial charge in [-0.05, 0) is 54.8 Å². The number of aryl methyl sites for hydroxylation is 1. The minimum atomic E-state index is -0.850. The molecular weight excluding hydrogens is 511 g/mol. The van der Waals surface area contributed by atoms with Crippen molar-refractivity contribution in [1.29, 1.82) is 0 Å². The SMILES string of the molecule is CCCCCCCCOc1c(Cl)cc(/C=C2\C(=O)NC(=O)N(c3cc(Cl)ccc3C)C2=O)cc1Cl. The van der Waals surface area contributed by atoms with E-state index in [1.54, 1.807) is 31.2 Å². The van der Waals surface area contributed by atoms with E-state index in [0.29, 0.717) is 28.5 Å². The van der Waals surface area contributed by atoms with Crippen molar-refractivity contribution in [3.8, 4) is 5.75 Å². The largest absolute Gasteiger partial charge is 0.490 e. The number of hydrogen-bond acceptors (Lipinski definition) is 4. The van der Waals surface area contributed by atoms with Gasteiger partial charge in [-0.25, -0.2) is 9.69 Å². The Bertz CT molecular complexity index is 1140. The molecule has 1 N–H and O–H groups in total. The maximum Gasteiger partial charge on any atom is 0.335 e. The fourth-order valence-electron chi connectivity index (χ4n) is 3.72. The molecule has 2 aromatic carbocycles. The average Bonchev–Trinajstić information content (AvgIpc) is 2.79. The van der Waals surface area contributed by atoms with Crippen molar-refractivity contribution >= 4 is 64.4 Å². The van der Waals surface area contributed by atoms with Crippen LogP contribution in [0.25, 0.3) is 6.08 Å². The molecule has 0 unspecified atom stereocenters. The number of carbonyl (C=O) groups is 3. The molecule has 4 amide bonds. The molecule has 35 heavy (non-hydrogen) atoms. The highest BCUT2D eigenvalue weighted by molar-refractivity contribution is 6.40. The topological polar surface area (TPSA) is 75.7 Å². The molecule has 186 valence electrons. The number of nitrogens with one attached hydrogen (secondary N) is 1. The summed E-state index contributed by atoms with van der Waals surface area (Å²) in [7, 11) is 0. The van der Waals surface area contributed by atoms with Crippen LogP contribution in [0.5, 0.6) is 5.75 Å². The summed E-state index contributed by atoms with van der Waals surface area (Å²) in [5.41, 5.74) is 1.11. The summed E-state index contributed by atoms with van der Waals surface area (Å²) in [6.45, 7) is 4.40. The Hall–Kier alpha value is -2.54. The zero-order chi connectivity index (χ0) is 25.5.